The van der Waals surface area contributed by atoms with Crippen LogP contribution >= 0.6 is 27.5 Å². The van der Waals surface area contributed by atoms with Crippen LogP contribution < -0.4 is 5.32 Å². The standard InChI is InChI=1S/C17H14BrClFNO3/c18-14-6-3-12(19)8-11(14)9-15(17(23)24)21-16(22)7-10-1-4-13(20)5-2-10/h1-6,8,15H,7,9H2,(H,21,22)(H,23,24)/t15-/m1/s1. The van der Waals surface area contributed by atoms with Gasteiger partial charge in [-0.15, -0.1) is 0 Å². The van der Waals surface area contributed by atoms with Crippen LogP contribution in [0.2, 0.25) is 5.02 Å². The first kappa shape index (κ1) is 18.4. The van der Waals surface area contributed by atoms with Gasteiger partial charge in [0.1, 0.15) is 11.9 Å². The van der Waals surface area contributed by atoms with E-state index in [-0.39, 0.29) is 12.8 Å². The Hall–Kier alpha value is -1.92. The SMILES string of the molecule is O=C(Cc1ccc(F)cc1)N[C@H](Cc1cc(Cl)ccc1Br)C(=O)O. The highest BCUT2D eigenvalue weighted by molar-refractivity contribution is 9.10. The monoisotopic (exact) mass is 413 g/mol. The molecule has 126 valence electrons. The third kappa shape index (κ3) is 5.32. The summed E-state index contributed by atoms with van der Waals surface area (Å²) >= 11 is 9.25. The van der Waals surface area contributed by atoms with E-state index in [1.807, 2.05) is 0 Å². The maximum Gasteiger partial charge on any atom is 0.326 e. The fraction of sp³-hybridized carbons (Fsp3) is 0.176. The molecule has 0 aliphatic rings. The van der Waals surface area contributed by atoms with E-state index in [0.29, 0.717) is 20.6 Å². The Morgan fingerprint density at radius 2 is 1.88 bits per heavy atom. The molecule has 2 aromatic rings. The smallest absolute Gasteiger partial charge is 0.326 e. The normalized spacial score (nSPS) is 11.8. The Morgan fingerprint density at radius 1 is 1.21 bits per heavy atom. The van der Waals surface area contributed by atoms with E-state index >= 15 is 0 Å². The molecule has 0 radical (unpaired) electrons. The van der Waals surface area contributed by atoms with Crippen LogP contribution in [0.5, 0.6) is 0 Å². The molecule has 2 rings (SSSR count). The van der Waals surface area contributed by atoms with E-state index < -0.39 is 23.7 Å². The van der Waals surface area contributed by atoms with Gasteiger partial charge in [-0.3, -0.25) is 4.79 Å². The summed E-state index contributed by atoms with van der Waals surface area (Å²) in [5.74, 6) is -1.99. The number of carboxylic acids is 1. The lowest BCUT2D eigenvalue weighted by Gasteiger charge is -2.16. The highest BCUT2D eigenvalue weighted by atomic mass is 79.9. The molecule has 0 aromatic heterocycles. The van der Waals surface area contributed by atoms with Gasteiger partial charge in [-0.05, 0) is 41.5 Å². The van der Waals surface area contributed by atoms with Crippen molar-refractivity contribution in [3.8, 4) is 0 Å². The van der Waals surface area contributed by atoms with Gasteiger partial charge in [-0.2, -0.15) is 0 Å². The van der Waals surface area contributed by atoms with Gasteiger partial charge in [-0.1, -0.05) is 39.7 Å². The minimum absolute atomic E-state index is 0.0270. The predicted octanol–water partition coefficient (Wildman–Crippen LogP) is 3.60. The van der Waals surface area contributed by atoms with E-state index in [0.717, 1.165) is 0 Å². The quantitative estimate of drug-likeness (QED) is 0.759. The molecule has 4 nitrogen and oxygen atoms in total. The fourth-order valence-corrected chi connectivity index (χ4v) is 2.76. The zero-order valence-corrected chi connectivity index (χ0v) is 14.8. The third-order valence-corrected chi connectivity index (χ3v) is 4.35. The Labute approximate surface area is 151 Å². The van der Waals surface area contributed by atoms with Crippen molar-refractivity contribution in [2.24, 2.45) is 0 Å². The lowest BCUT2D eigenvalue weighted by atomic mass is 10.1. The summed E-state index contributed by atoms with van der Waals surface area (Å²) in [6.07, 6.45) is 0.0619. The zero-order chi connectivity index (χ0) is 17.7. The molecule has 0 saturated carbocycles. The summed E-state index contributed by atoms with van der Waals surface area (Å²) in [4.78, 5) is 23.5. The van der Waals surface area contributed by atoms with E-state index in [4.69, 9.17) is 11.6 Å². The van der Waals surface area contributed by atoms with Crippen LogP contribution in [-0.4, -0.2) is 23.0 Å². The largest absolute Gasteiger partial charge is 0.480 e. The van der Waals surface area contributed by atoms with Gasteiger partial charge in [0.2, 0.25) is 5.91 Å². The van der Waals surface area contributed by atoms with Crippen LogP contribution in [-0.2, 0) is 22.4 Å². The number of benzene rings is 2. The number of carbonyl (C=O) groups is 2. The summed E-state index contributed by atoms with van der Waals surface area (Å²) < 4.78 is 13.6. The van der Waals surface area contributed by atoms with Gasteiger partial charge in [-0.25, -0.2) is 9.18 Å². The Kier molecular flexibility index (Phi) is 6.34. The van der Waals surface area contributed by atoms with Crippen LogP contribution in [0.4, 0.5) is 4.39 Å². The molecule has 24 heavy (non-hydrogen) atoms. The molecule has 0 unspecified atom stereocenters. The fourth-order valence-electron chi connectivity index (χ4n) is 2.15. The lowest BCUT2D eigenvalue weighted by Crippen LogP contribution is -2.43. The first-order valence-corrected chi connectivity index (χ1v) is 8.23. The van der Waals surface area contributed by atoms with Gasteiger partial charge >= 0.3 is 5.97 Å². The average molecular weight is 415 g/mol. The van der Waals surface area contributed by atoms with Crippen LogP contribution in [0.1, 0.15) is 11.1 Å². The van der Waals surface area contributed by atoms with E-state index in [9.17, 15) is 19.1 Å². The van der Waals surface area contributed by atoms with Crippen molar-refractivity contribution in [2.45, 2.75) is 18.9 Å². The van der Waals surface area contributed by atoms with Gasteiger partial charge in [0, 0.05) is 15.9 Å². The molecule has 0 aliphatic heterocycles. The maximum absolute atomic E-state index is 12.9. The van der Waals surface area contributed by atoms with E-state index in [1.54, 1.807) is 18.2 Å². The van der Waals surface area contributed by atoms with Gasteiger partial charge in [0.05, 0.1) is 6.42 Å². The van der Waals surface area contributed by atoms with Crippen molar-refractivity contribution in [1.29, 1.82) is 0 Å². The Balaban J connectivity index is 2.05. The van der Waals surface area contributed by atoms with Crippen molar-refractivity contribution in [1.82, 2.24) is 5.32 Å². The molecule has 2 N–H and O–H groups in total. The van der Waals surface area contributed by atoms with E-state index in [2.05, 4.69) is 21.2 Å². The number of hydrogen-bond acceptors (Lipinski definition) is 2. The zero-order valence-electron chi connectivity index (χ0n) is 12.4. The Bertz CT molecular complexity index is 752. The second-order valence-corrected chi connectivity index (χ2v) is 6.49. The molecular formula is C17H14BrClFNO3. The summed E-state index contributed by atoms with van der Waals surface area (Å²) in [7, 11) is 0. The number of carboxylic acid groups (broad SMARTS) is 1. The summed E-state index contributed by atoms with van der Waals surface area (Å²) in [6.45, 7) is 0. The molecule has 7 heteroatoms. The van der Waals surface area contributed by atoms with Crippen molar-refractivity contribution in [3.05, 3.63) is 68.9 Å². The van der Waals surface area contributed by atoms with Gasteiger partial charge in [0.25, 0.3) is 0 Å². The first-order valence-electron chi connectivity index (χ1n) is 7.05. The molecule has 0 spiro atoms. The summed E-state index contributed by atoms with van der Waals surface area (Å²) in [5, 5.41) is 12.3. The predicted molar refractivity (Wildman–Crippen MR) is 92.5 cm³/mol. The number of aliphatic carboxylic acids is 1. The molecule has 0 bridgehead atoms. The third-order valence-electron chi connectivity index (χ3n) is 3.34. The van der Waals surface area contributed by atoms with Crippen LogP contribution in [0.3, 0.4) is 0 Å². The van der Waals surface area contributed by atoms with Gasteiger partial charge < -0.3 is 10.4 Å². The molecule has 1 atom stereocenters. The van der Waals surface area contributed by atoms with Gasteiger partial charge in [0.15, 0.2) is 0 Å². The highest BCUT2D eigenvalue weighted by Crippen LogP contribution is 2.22. The van der Waals surface area contributed by atoms with Crippen molar-refractivity contribution >= 4 is 39.4 Å². The molecule has 0 aliphatic carbocycles. The van der Waals surface area contributed by atoms with Crippen LogP contribution in [0.25, 0.3) is 0 Å². The lowest BCUT2D eigenvalue weighted by molar-refractivity contribution is -0.141. The molecule has 0 fully saturated rings. The minimum atomic E-state index is -1.14. The highest BCUT2D eigenvalue weighted by Gasteiger charge is 2.21. The summed E-state index contributed by atoms with van der Waals surface area (Å²) in [6, 6.07) is 9.42. The topological polar surface area (TPSA) is 66.4 Å². The minimum Gasteiger partial charge on any atom is -0.480 e. The molecule has 2 aromatic carbocycles. The van der Waals surface area contributed by atoms with Crippen molar-refractivity contribution < 1.29 is 19.1 Å². The van der Waals surface area contributed by atoms with E-state index in [1.165, 1.54) is 24.3 Å². The molecular weight excluding hydrogens is 401 g/mol. The number of nitrogens with one attached hydrogen (secondary N) is 1. The van der Waals surface area contributed by atoms with Crippen LogP contribution in [0, 0.1) is 5.82 Å². The number of amides is 1. The second-order valence-electron chi connectivity index (χ2n) is 5.20. The number of halogens is 3. The van der Waals surface area contributed by atoms with Crippen molar-refractivity contribution in [2.75, 3.05) is 0 Å². The second kappa shape index (κ2) is 8.26. The maximum atomic E-state index is 12.9. The average Bonchev–Trinajstić information content (AvgIpc) is 2.52. The number of hydrogen-bond donors (Lipinski definition) is 2. The molecule has 0 heterocycles. The first-order chi connectivity index (χ1) is 11.3. The van der Waals surface area contributed by atoms with Crippen LogP contribution in [0.15, 0.2) is 46.9 Å². The Morgan fingerprint density at radius 3 is 2.50 bits per heavy atom. The number of rotatable bonds is 6. The number of carbonyl (C=O) groups excluding carboxylic acids is 1. The molecule has 1 amide bonds. The van der Waals surface area contributed by atoms with Crippen molar-refractivity contribution in [3.63, 3.8) is 0 Å². The summed E-state index contributed by atoms with van der Waals surface area (Å²) in [5.41, 5.74) is 1.28. The molecule has 0 saturated heterocycles.